The fourth-order valence-corrected chi connectivity index (χ4v) is 2.03. The lowest BCUT2D eigenvalue weighted by molar-refractivity contribution is 0.619. The number of halogens is 2. The van der Waals surface area contributed by atoms with Crippen LogP contribution in [0.4, 0.5) is 4.39 Å². The lowest BCUT2D eigenvalue weighted by Gasteiger charge is -2.00. The van der Waals surface area contributed by atoms with Crippen LogP contribution < -0.4 is 0 Å². The van der Waals surface area contributed by atoms with Gasteiger partial charge in [-0.3, -0.25) is 0 Å². The van der Waals surface area contributed by atoms with Crippen molar-refractivity contribution in [3.05, 3.63) is 59.1 Å². The Morgan fingerprint density at radius 3 is 2.78 bits per heavy atom. The van der Waals surface area contributed by atoms with E-state index in [1.807, 2.05) is 25.1 Å². The molecule has 0 spiro atoms. The molecule has 0 aliphatic rings. The van der Waals surface area contributed by atoms with Gasteiger partial charge in [-0.15, -0.1) is 0 Å². The third-order valence-electron chi connectivity index (χ3n) is 2.87. The highest BCUT2D eigenvalue weighted by atomic mass is 35.5. The van der Waals surface area contributed by atoms with E-state index in [0.29, 0.717) is 0 Å². The molecule has 3 aromatic rings. The molecule has 3 rings (SSSR count). The first-order chi connectivity index (χ1) is 8.63. The number of aromatic nitrogens is 2. The van der Waals surface area contributed by atoms with E-state index in [2.05, 4.69) is 4.98 Å². The second-order valence-electron chi connectivity index (χ2n) is 4.20. The highest BCUT2D eigenvalue weighted by Crippen LogP contribution is 2.24. The summed E-state index contributed by atoms with van der Waals surface area (Å²) in [6, 6.07) is 8.78. The molecular weight excluding hydrogens is 251 g/mol. The van der Waals surface area contributed by atoms with Crippen LogP contribution in [0.5, 0.6) is 0 Å². The summed E-state index contributed by atoms with van der Waals surface area (Å²) in [5.74, 6) is -0.279. The van der Waals surface area contributed by atoms with Gasteiger partial charge in [-0.1, -0.05) is 17.7 Å². The van der Waals surface area contributed by atoms with Crippen molar-refractivity contribution in [2.75, 3.05) is 0 Å². The van der Waals surface area contributed by atoms with E-state index in [9.17, 15) is 4.39 Å². The monoisotopic (exact) mass is 260 g/mol. The Kier molecular flexibility index (Phi) is 2.56. The van der Waals surface area contributed by atoms with Crippen LogP contribution in [0.25, 0.3) is 16.9 Å². The Bertz CT molecular complexity index is 734. The largest absolute Gasteiger partial charge is 0.304 e. The molecule has 0 radical (unpaired) electrons. The Morgan fingerprint density at radius 1 is 1.17 bits per heavy atom. The Morgan fingerprint density at radius 2 is 2.00 bits per heavy atom. The second kappa shape index (κ2) is 4.10. The van der Waals surface area contributed by atoms with Gasteiger partial charge in [-0.25, -0.2) is 9.37 Å². The standard InChI is InChI=1S/C14H10ClFN2/c1-9-6-10(2-4-12(9)15)13-8-18-7-11(16)3-5-14(18)17-13/h2-8H,1H3. The molecule has 0 unspecified atom stereocenters. The minimum absolute atomic E-state index is 0.279. The molecule has 0 atom stereocenters. The fraction of sp³-hybridized carbons (Fsp3) is 0.0714. The van der Waals surface area contributed by atoms with Crippen LogP contribution in [0.15, 0.2) is 42.7 Å². The summed E-state index contributed by atoms with van der Waals surface area (Å²) < 4.78 is 14.8. The molecule has 90 valence electrons. The molecule has 2 aromatic heterocycles. The lowest BCUT2D eigenvalue weighted by Crippen LogP contribution is -1.83. The molecule has 0 bridgehead atoms. The molecule has 0 amide bonds. The maximum atomic E-state index is 13.1. The average Bonchev–Trinajstić information content (AvgIpc) is 2.75. The van der Waals surface area contributed by atoms with Crippen LogP contribution in [-0.2, 0) is 0 Å². The van der Waals surface area contributed by atoms with Gasteiger partial charge in [0.25, 0.3) is 0 Å². The Hall–Kier alpha value is -1.87. The van der Waals surface area contributed by atoms with Crippen LogP contribution in [0.3, 0.4) is 0 Å². The predicted octanol–water partition coefficient (Wildman–Crippen LogP) is 4.10. The maximum Gasteiger partial charge on any atom is 0.139 e. The van der Waals surface area contributed by atoms with Gasteiger partial charge in [0.05, 0.1) is 5.69 Å². The number of pyridine rings is 1. The van der Waals surface area contributed by atoms with E-state index in [-0.39, 0.29) is 5.82 Å². The second-order valence-corrected chi connectivity index (χ2v) is 4.61. The molecule has 0 aliphatic carbocycles. The van der Waals surface area contributed by atoms with Gasteiger partial charge in [0, 0.05) is 23.0 Å². The molecule has 2 heterocycles. The number of imidazole rings is 1. The molecular formula is C14H10ClFN2. The van der Waals surface area contributed by atoms with Crippen molar-refractivity contribution < 1.29 is 4.39 Å². The van der Waals surface area contributed by atoms with E-state index in [4.69, 9.17) is 11.6 Å². The highest BCUT2D eigenvalue weighted by molar-refractivity contribution is 6.31. The van der Waals surface area contributed by atoms with Crippen molar-refractivity contribution in [2.24, 2.45) is 0 Å². The number of hydrogen-bond acceptors (Lipinski definition) is 1. The van der Waals surface area contributed by atoms with Crippen LogP contribution in [0, 0.1) is 12.7 Å². The van der Waals surface area contributed by atoms with Crippen molar-refractivity contribution in [2.45, 2.75) is 6.92 Å². The number of benzene rings is 1. The predicted molar refractivity (Wildman–Crippen MR) is 70.3 cm³/mol. The van der Waals surface area contributed by atoms with Gasteiger partial charge >= 0.3 is 0 Å². The first-order valence-corrected chi connectivity index (χ1v) is 5.92. The first kappa shape index (κ1) is 11.2. The van der Waals surface area contributed by atoms with Gasteiger partial charge in [-0.05, 0) is 36.8 Å². The van der Waals surface area contributed by atoms with Gasteiger partial charge in [0.2, 0.25) is 0 Å². The fourth-order valence-electron chi connectivity index (χ4n) is 1.91. The van der Waals surface area contributed by atoms with E-state index in [1.54, 1.807) is 16.7 Å². The van der Waals surface area contributed by atoms with E-state index in [0.717, 1.165) is 27.5 Å². The number of fused-ring (bicyclic) bond motifs is 1. The number of hydrogen-bond donors (Lipinski definition) is 0. The van der Waals surface area contributed by atoms with Crippen molar-refractivity contribution in [1.29, 1.82) is 0 Å². The molecule has 0 N–H and O–H groups in total. The number of rotatable bonds is 1. The molecule has 18 heavy (non-hydrogen) atoms. The molecule has 0 aliphatic heterocycles. The van der Waals surface area contributed by atoms with E-state index < -0.39 is 0 Å². The minimum Gasteiger partial charge on any atom is -0.304 e. The normalized spacial score (nSPS) is 11.1. The Labute approximate surface area is 109 Å². The highest BCUT2D eigenvalue weighted by Gasteiger charge is 2.06. The van der Waals surface area contributed by atoms with Gasteiger partial charge < -0.3 is 4.40 Å². The third-order valence-corrected chi connectivity index (χ3v) is 3.29. The lowest BCUT2D eigenvalue weighted by atomic mass is 10.1. The minimum atomic E-state index is -0.279. The van der Waals surface area contributed by atoms with Gasteiger partial charge in [0.1, 0.15) is 11.5 Å². The van der Waals surface area contributed by atoms with Crippen molar-refractivity contribution >= 4 is 17.2 Å². The van der Waals surface area contributed by atoms with Crippen molar-refractivity contribution in [3.63, 3.8) is 0 Å². The van der Waals surface area contributed by atoms with E-state index in [1.165, 1.54) is 12.3 Å². The van der Waals surface area contributed by atoms with Gasteiger partial charge in [-0.2, -0.15) is 0 Å². The molecule has 0 saturated heterocycles. The summed E-state index contributed by atoms with van der Waals surface area (Å²) in [4.78, 5) is 4.45. The van der Waals surface area contributed by atoms with Crippen LogP contribution in [0.1, 0.15) is 5.56 Å². The SMILES string of the molecule is Cc1cc(-c2cn3cc(F)ccc3n2)ccc1Cl. The first-order valence-electron chi connectivity index (χ1n) is 5.54. The van der Waals surface area contributed by atoms with Crippen LogP contribution >= 0.6 is 11.6 Å². The third kappa shape index (κ3) is 1.87. The number of aryl methyl sites for hydroxylation is 1. The summed E-state index contributed by atoms with van der Waals surface area (Å²) >= 11 is 5.99. The van der Waals surface area contributed by atoms with Crippen molar-refractivity contribution in [1.82, 2.24) is 9.38 Å². The molecule has 4 heteroatoms. The smallest absolute Gasteiger partial charge is 0.139 e. The summed E-state index contributed by atoms with van der Waals surface area (Å²) in [6.45, 7) is 1.95. The quantitative estimate of drug-likeness (QED) is 0.644. The van der Waals surface area contributed by atoms with E-state index >= 15 is 0 Å². The zero-order valence-electron chi connectivity index (χ0n) is 9.69. The van der Waals surface area contributed by atoms with Crippen LogP contribution in [0.2, 0.25) is 5.02 Å². The summed E-state index contributed by atoms with van der Waals surface area (Å²) in [6.07, 6.45) is 3.22. The Balaban J connectivity index is 2.16. The zero-order chi connectivity index (χ0) is 12.7. The average molecular weight is 261 g/mol. The molecule has 2 nitrogen and oxygen atoms in total. The summed E-state index contributed by atoms with van der Waals surface area (Å²) in [5.41, 5.74) is 3.50. The number of nitrogens with zero attached hydrogens (tertiary/aromatic N) is 2. The molecule has 0 saturated carbocycles. The maximum absolute atomic E-state index is 13.1. The summed E-state index contributed by atoms with van der Waals surface area (Å²) in [5, 5.41) is 0.730. The molecule has 1 aromatic carbocycles. The molecule has 0 fully saturated rings. The van der Waals surface area contributed by atoms with Crippen LogP contribution in [-0.4, -0.2) is 9.38 Å². The summed E-state index contributed by atoms with van der Waals surface area (Å²) in [7, 11) is 0. The van der Waals surface area contributed by atoms with Gasteiger partial charge in [0.15, 0.2) is 0 Å². The zero-order valence-corrected chi connectivity index (χ0v) is 10.4. The topological polar surface area (TPSA) is 17.3 Å². The van der Waals surface area contributed by atoms with Crippen molar-refractivity contribution in [3.8, 4) is 11.3 Å².